The SMILES string of the molecule is O=C(Cn1cc(NC(=O)C2CC2)nn1)Nc1ccc2c(c1)OCCO2. The van der Waals surface area contributed by atoms with Gasteiger partial charge in [-0.2, -0.15) is 0 Å². The third-order valence-corrected chi connectivity index (χ3v) is 3.87. The smallest absolute Gasteiger partial charge is 0.246 e. The maximum absolute atomic E-state index is 12.1. The Balaban J connectivity index is 1.34. The van der Waals surface area contributed by atoms with Crippen molar-refractivity contribution in [2.45, 2.75) is 19.4 Å². The lowest BCUT2D eigenvalue weighted by atomic mass is 10.2. The highest BCUT2D eigenvalue weighted by Crippen LogP contribution is 2.32. The zero-order valence-electron chi connectivity index (χ0n) is 13.4. The molecule has 0 unspecified atom stereocenters. The molecular weight excluding hydrogens is 326 g/mol. The standard InChI is InChI=1S/C16H17N5O4/c22-15(17-11-3-4-12-13(7-11)25-6-5-24-12)9-21-8-14(19-20-21)18-16(23)10-1-2-10/h3-4,7-8,10H,1-2,5-6,9H2,(H,17,22)(H,18,23). The summed E-state index contributed by atoms with van der Waals surface area (Å²) in [6, 6.07) is 5.22. The summed E-state index contributed by atoms with van der Waals surface area (Å²) in [6.45, 7) is 0.990. The van der Waals surface area contributed by atoms with Gasteiger partial charge in [0.15, 0.2) is 17.3 Å². The molecule has 2 N–H and O–H groups in total. The van der Waals surface area contributed by atoms with E-state index in [9.17, 15) is 9.59 Å². The van der Waals surface area contributed by atoms with Gasteiger partial charge >= 0.3 is 0 Å². The number of amides is 2. The van der Waals surface area contributed by atoms with Crippen LogP contribution >= 0.6 is 0 Å². The normalized spacial score (nSPS) is 15.5. The second-order valence-electron chi connectivity index (χ2n) is 5.97. The molecule has 9 heteroatoms. The lowest BCUT2D eigenvalue weighted by Crippen LogP contribution is -2.20. The minimum absolute atomic E-state index is 0.0132. The van der Waals surface area contributed by atoms with Gasteiger partial charge in [-0.15, -0.1) is 5.10 Å². The molecule has 4 rings (SSSR count). The Morgan fingerprint density at radius 1 is 1.16 bits per heavy atom. The second kappa shape index (κ2) is 6.42. The summed E-state index contributed by atoms with van der Waals surface area (Å²) in [7, 11) is 0. The number of nitrogens with one attached hydrogen (secondary N) is 2. The van der Waals surface area contributed by atoms with Gasteiger partial charge in [-0.3, -0.25) is 9.59 Å². The van der Waals surface area contributed by atoms with Crippen LogP contribution < -0.4 is 20.1 Å². The van der Waals surface area contributed by atoms with Gasteiger partial charge in [0, 0.05) is 17.7 Å². The van der Waals surface area contributed by atoms with Gasteiger partial charge in [0.25, 0.3) is 0 Å². The first kappa shape index (κ1) is 15.4. The average Bonchev–Trinajstić information content (AvgIpc) is 3.37. The number of anilines is 2. The minimum atomic E-state index is -0.262. The molecule has 1 aliphatic carbocycles. The van der Waals surface area contributed by atoms with Crippen LogP contribution in [0.1, 0.15) is 12.8 Å². The molecule has 1 aliphatic heterocycles. The van der Waals surface area contributed by atoms with Gasteiger partial charge in [0.05, 0.1) is 6.20 Å². The highest BCUT2D eigenvalue weighted by Gasteiger charge is 2.30. The molecule has 9 nitrogen and oxygen atoms in total. The van der Waals surface area contributed by atoms with Crippen LogP contribution in [0.2, 0.25) is 0 Å². The number of ether oxygens (including phenoxy) is 2. The van der Waals surface area contributed by atoms with E-state index in [1.165, 1.54) is 10.9 Å². The highest BCUT2D eigenvalue weighted by molar-refractivity contribution is 5.93. The summed E-state index contributed by atoms with van der Waals surface area (Å²) in [6.07, 6.45) is 3.36. The Morgan fingerprint density at radius 3 is 2.76 bits per heavy atom. The zero-order valence-corrected chi connectivity index (χ0v) is 13.4. The Morgan fingerprint density at radius 2 is 1.96 bits per heavy atom. The maximum atomic E-state index is 12.1. The summed E-state index contributed by atoms with van der Waals surface area (Å²) in [5, 5.41) is 13.2. The maximum Gasteiger partial charge on any atom is 0.246 e. The van der Waals surface area contributed by atoms with E-state index in [4.69, 9.17) is 9.47 Å². The van der Waals surface area contributed by atoms with Crippen molar-refractivity contribution < 1.29 is 19.1 Å². The molecule has 2 heterocycles. The highest BCUT2D eigenvalue weighted by atomic mass is 16.6. The van der Waals surface area contributed by atoms with Gasteiger partial charge in [0.1, 0.15) is 19.8 Å². The Labute approximate surface area is 143 Å². The monoisotopic (exact) mass is 343 g/mol. The van der Waals surface area contributed by atoms with Crippen molar-refractivity contribution in [1.29, 1.82) is 0 Å². The molecule has 0 radical (unpaired) electrons. The fourth-order valence-electron chi connectivity index (χ4n) is 2.48. The van der Waals surface area contributed by atoms with Crippen molar-refractivity contribution in [1.82, 2.24) is 15.0 Å². The van der Waals surface area contributed by atoms with Gasteiger partial charge in [-0.1, -0.05) is 5.21 Å². The van der Waals surface area contributed by atoms with Gasteiger partial charge in [-0.05, 0) is 25.0 Å². The largest absolute Gasteiger partial charge is 0.486 e. The van der Waals surface area contributed by atoms with Crippen molar-refractivity contribution in [3.8, 4) is 11.5 Å². The molecule has 1 fully saturated rings. The van der Waals surface area contributed by atoms with Crippen LogP contribution in [-0.2, 0) is 16.1 Å². The molecule has 1 saturated carbocycles. The molecule has 1 aromatic heterocycles. The van der Waals surface area contributed by atoms with Crippen molar-refractivity contribution in [3.63, 3.8) is 0 Å². The van der Waals surface area contributed by atoms with E-state index in [0.717, 1.165) is 12.8 Å². The van der Waals surface area contributed by atoms with Crippen molar-refractivity contribution in [2.24, 2.45) is 5.92 Å². The van der Waals surface area contributed by atoms with E-state index in [0.29, 0.717) is 36.2 Å². The Hall–Kier alpha value is -3.10. The van der Waals surface area contributed by atoms with Crippen molar-refractivity contribution in [3.05, 3.63) is 24.4 Å². The van der Waals surface area contributed by atoms with E-state index >= 15 is 0 Å². The van der Waals surface area contributed by atoms with E-state index < -0.39 is 0 Å². The summed E-state index contributed by atoms with van der Waals surface area (Å²) in [4.78, 5) is 23.8. The van der Waals surface area contributed by atoms with Crippen LogP contribution in [0.4, 0.5) is 11.5 Å². The molecule has 0 saturated heterocycles. The van der Waals surface area contributed by atoms with Crippen LogP contribution in [0, 0.1) is 5.92 Å². The number of carbonyl (C=O) groups is 2. The molecule has 0 bridgehead atoms. The van der Waals surface area contributed by atoms with Crippen LogP contribution in [-0.4, -0.2) is 40.0 Å². The van der Waals surface area contributed by atoms with Gasteiger partial charge < -0.3 is 20.1 Å². The molecule has 1 aromatic carbocycles. The minimum Gasteiger partial charge on any atom is -0.486 e. The predicted octanol–water partition coefficient (Wildman–Crippen LogP) is 1.04. The quantitative estimate of drug-likeness (QED) is 0.840. The molecular formula is C16H17N5O4. The number of carbonyl (C=O) groups excluding carboxylic acids is 2. The summed E-state index contributed by atoms with van der Waals surface area (Å²) < 4.78 is 12.3. The number of fused-ring (bicyclic) bond motifs is 1. The molecule has 2 aliphatic rings. The molecule has 2 aromatic rings. The van der Waals surface area contributed by atoms with E-state index in [-0.39, 0.29) is 24.3 Å². The first-order valence-electron chi connectivity index (χ1n) is 8.08. The van der Waals surface area contributed by atoms with Gasteiger partial charge in [-0.25, -0.2) is 4.68 Å². The van der Waals surface area contributed by atoms with Crippen LogP contribution in [0.15, 0.2) is 24.4 Å². The third-order valence-electron chi connectivity index (χ3n) is 3.87. The molecule has 2 amide bonds. The van der Waals surface area contributed by atoms with E-state index in [1.54, 1.807) is 18.2 Å². The van der Waals surface area contributed by atoms with Crippen LogP contribution in [0.5, 0.6) is 11.5 Å². The second-order valence-corrected chi connectivity index (χ2v) is 5.97. The van der Waals surface area contributed by atoms with Crippen LogP contribution in [0.25, 0.3) is 0 Å². The number of aromatic nitrogens is 3. The van der Waals surface area contributed by atoms with Gasteiger partial charge in [0.2, 0.25) is 11.8 Å². The zero-order chi connectivity index (χ0) is 17.2. The average molecular weight is 343 g/mol. The number of benzene rings is 1. The Bertz CT molecular complexity index is 815. The first-order chi connectivity index (χ1) is 12.2. The molecule has 130 valence electrons. The van der Waals surface area contributed by atoms with E-state index in [2.05, 4.69) is 20.9 Å². The fraction of sp³-hybridized carbons (Fsp3) is 0.375. The summed E-state index contributed by atoms with van der Waals surface area (Å²) in [5.74, 6) is 1.40. The first-order valence-corrected chi connectivity index (χ1v) is 8.08. The summed E-state index contributed by atoms with van der Waals surface area (Å²) >= 11 is 0. The van der Waals surface area contributed by atoms with E-state index in [1.807, 2.05) is 0 Å². The fourth-order valence-corrected chi connectivity index (χ4v) is 2.48. The van der Waals surface area contributed by atoms with Crippen molar-refractivity contribution in [2.75, 3.05) is 23.8 Å². The van der Waals surface area contributed by atoms with Crippen molar-refractivity contribution >= 4 is 23.3 Å². The Kier molecular flexibility index (Phi) is 3.96. The number of hydrogen-bond donors (Lipinski definition) is 2. The van der Waals surface area contributed by atoms with Crippen LogP contribution in [0.3, 0.4) is 0 Å². The number of hydrogen-bond acceptors (Lipinski definition) is 6. The predicted molar refractivity (Wildman–Crippen MR) is 87.4 cm³/mol. The number of rotatable bonds is 5. The molecule has 25 heavy (non-hydrogen) atoms. The lowest BCUT2D eigenvalue weighted by molar-refractivity contribution is -0.117. The molecule has 0 spiro atoms. The molecule has 0 atom stereocenters. The third kappa shape index (κ3) is 3.70. The number of nitrogens with zero attached hydrogens (tertiary/aromatic N) is 3. The topological polar surface area (TPSA) is 107 Å². The summed E-state index contributed by atoms with van der Waals surface area (Å²) in [5.41, 5.74) is 0.608. The lowest BCUT2D eigenvalue weighted by Gasteiger charge is -2.18.